The Morgan fingerprint density at radius 3 is 2.29 bits per heavy atom. The van der Waals surface area contributed by atoms with Gasteiger partial charge < -0.3 is 9.64 Å². The van der Waals surface area contributed by atoms with Crippen molar-refractivity contribution in [1.82, 2.24) is 4.90 Å². The highest BCUT2D eigenvalue weighted by molar-refractivity contribution is 7.99. The topological polar surface area (TPSA) is 46.6 Å². The summed E-state index contributed by atoms with van der Waals surface area (Å²) in [5.74, 6) is 2.43. The molecule has 2 aromatic rings. The van der Waals surface area contributed by atoms with Gasteiger partial charge in [-0.15, -0.1) is 11.8 Å². The van der Waals surface area contributed by atoms with Crippen molar-refractivity contribution in [3.05, 3.63) is 65.2 Å². The molecule has 0 radical (unpaired) electrons. The van der Waals surface area contributed by atoms with Gasteiger partial charge in [0.05, 0.1) is 12.9 Å². The molecule has 148 valence electrons. The molecule has 4 nitrogen and oxygen atoms in total. The van der Waals surface area contributed by atoms with E-state index in [9.17, 15) is 9.59 Å². The average Bonchev–Trinajstić information content (AvgIpc) is 2.74. The molecule has 0 atom stereocenters. The lowest BCUT2D eigenvalue weighted by Crippen LogP contribution is -2.41. The van der Waals surface area contributed by atoms with E-state index in [1.807, 2.05) is 29.2 Å². The summed E-state index contributed by atoms with van der Waals surface area (Å²) in [5.41, 5.74) is 3.21. The first kappa shape index (κ1) is 20.5. The van der Waals surface area contributed by atoms with Gasteiger partial charge in [-0.25, -0.2) is 0 Å². The van der Waals surface area contributed by atoms with E-state index in [1.165, 1.54) is 11.1 Å². The van der Waals surface area contributed by atoms with E-state index in [4.69, 9.17) is 4.74 Å². The van der Waals surface area contributed by atoms with Gasteiger partial charge in [0.25, 0.3) is 0 Å². The van der Waals surface area contributed by atoms with Gasteiger partial charge in [0, 0.05) is 30.3 Å². The number of hydrogen-bond acceptors (Lipinski definition) is 4. The Balaban J connectivity index is 1.43. The van der Waals surface area contributed by atoms with Gasteiger partial charge in [0.1, 0.15) is 5.75 Å². The molecule has 3 rings (SSSR count). The first-order chi connectivity index (χ1) is 13.6. The number of ketones is 1. The zero-order chi connectivity index (χ0) is 19.9. The normalized spacial score (nSPS) is 14.7. The second-order valence-electron chi connectivity index (χ2n) is 7.23. The van der Waals surface area contributed by atoms with Crippen molar-refractivity contribution in [3.8, 4) is 5.75 Å². The summed E-state index contributed by atoms with van der Waals surface area (Å²) < 4.78 is 5.14. The Morgan fingerprint density at radius 1 is 1.04 bits per heavy atom. The molecule has 1 fully saturated rings. The van der Waals surface area contributed by atoms with Crippen LogP contribution in [0.2, 0.25) is 0 Å². The quantitative estimate of drug-likeness (QED) is 0.652. The van der Waals surface area contributed by atoms with Crippen LogP contribution in [0.4, 0.5) is 0 Å². The summed E-state index contributed by atoms with van der Waals surface area (Å²) in [7, 11) is 1.61. The predicted molar refractivity (Wildman–Crippen MR) is 114 cm³/mol. The molecule has 0 aliphatic carbocycles. The van der Waals surface area contributed by atoms with Crippen LogP contribution in [0.5, 0.6) is 5.75 Å². The molecular weight excluding hydrogens is 370 g/mol. The van der Waals surface area contributed by atoms with E-state index >= 15 is 0 Å². The smallest absolute Gasteiger partial charge is 0.232 e. The van der Waals surface area contributed by atoms with E-state index in [2.05, 4.69) is 31.2 Å². The van der Waals surface area contributed by atoms with Crippen LogP contribution in [0.25, 0.3) is 0 Å². The number of carbonyl (C=O) groups is 2. The lowest BCUT2D eigenvalue weighted by molar-refractivity contribution is -0.129. The molecular formula is C23H27NO3S. The number of aryl methyl sites for hydroxylation is 1. The predicted octanol–water partition coefficient (Wildman–Crippen LogP) is 4.36. The van der Waals surface area contributed by atoms with Crippen molar-refractivity contribution in [2.45, 2.75) is 25.5 Å². The minimum Gasteiger partial charge on any atom is -0.497 e. The van der Waals surface area contributed by atoms with E-state index in [0.717, 1.165) is 29.9 Å². The molecule has 0 saturated carbocycles. The fourth-order valence-electron chi connectivity index (χ4n) is 3.41. The number of amides is 1. The number of likely N-dealkylation sites (tertiary alicyclic amines) is 1. The van der Waals surface area contributed by atoms with Gasteiger partial charge in [-0.3, -0.25) is 9.59 Å². The molecule has 0 spiro atoms. The molecule has 1 heterocycles. The van der Waals surface area contributed by atoms with Crippen LogP contribution < -0.4 is 4.74 Å². The van der Waals surface area contributed by atoms with Gasteiger partial charge in [-0.1, -0.05) is 29.8 Å². The highest BCUT2D eigenvalue weighted by Gasteiger charge is 2.27. The van der Waals surface area contributed by atoms with Crippen LogP contribution in [0.3, 0.4) is 0 Å². The first-order valence-corrected chi connectivity index (χ1v) is 10.8. The summed E-state index contributed by atoms with van der Waals surface area (Å²) in [6.45, 7) is 3.40. The third-order valence-corrected chi connectivity index (χ3v) is 6.20. The third-order valence-electron chi connectivity index (χ3n) is 5.21. The van der Waals surface area contributed by atoms with Gasteiger partial charge in [0.2, 0.25) is 5.91 Å². The van der Waals surface area contributed by atoms with E-state index in [-0.39, 0.29) is 17.6 Å². The lowest BCUT2D eigenvalue weighted by atomic mass is 9.89. The standard InChI is InChI=1S/C23H27NO3S/c1-17-3-5-18(6-4-17)15-28-16-22(25)24-13-11-20(12-14-24)23(26)19-7-9-21(27-2)10-8-19/h3-10,20H,11-16H2,1-2H3. The van der Waals surface area contributed by atoms with Gasteiger partial charge in [-0.05, 0) is 49.6 Å². The largest absolute Gasteiger partial charge is 0.497 e. The summed E-state index contributed by atoms with van der Waals surface area (Å²) in [6.07, 6.45) is 1.47. The lowest BCUT2D eigenvalue weighted by Gasteiger charge is -2.31. The molecule has 1 aliphatic rings. The number of benzene rings is 2. The van der Waals surface area contributed by atoms with E-state index < -0.39 is 0 Å². The summed E-state index contributed by atoms with van der Waals surface area (Å²) in [6, 6.07) is 15.7. The Labute approximate surface area is 171 Å². The fourth-order valence-corrected chi connectivity index (χ4v) is 4.30. The minimum atomic E-state index is -0.00217. The van der Waals surface area contributed by atoms with Gasteiger partial charge in [0.15, 0.2) is 5.78 Å². The molecule has 0 unspecified atom stereocenters. The highest BCUT2D eigenvalue weighted by Crippen LogP contribution is 2.24. The molecule has 2 aromatic carbocycles. The maximum atomic E-state index is 12.7. The van der Waals surface area contributed by atoms with Crippen molar-refractivity contribution in [2.75, 3.05) is 26.0 Å². The molecule has 1 aliphatic heterocycles. The summed E-state index contributed by atoms with van der Waals surface area (Å²) >= 11 is 1.65. The number of thioether (sulfide) groups is 1. The van der Waals surface area contributed by atoms with E-state index in [1.54, 1.807) is 18.9 Å². The number of hydrogen-bond donors (Lipinski definition) is 0. The first-order valence-electron chi connectivity index (χ1n) is 9.66. The van der Waals surface area contributed by atoms with Crippen LogP contribution in [-0.4, -0.2) is 42.5 Å². The monoisotopic (exact) mass is 397 g/mol. The fraction of sp³-hybridized carbons (Fsp3) is 0.391. The second kappa shape index (κ2) is 9.78. The number of nitrogens with zero attached hydrogens (tertiary/aromatic N) is 1. The molecule has 28 heavy (non-hydrogen) atoms. The maximum absolute atomic E-state index is 12.7. The highest BCUT2D eigenvalue weighted by atomic mass is 32.2. The zero-order valence-electron chi connectivity index (χ0n) is 16.5. The maximum Gasteiger partial charge on any atom is 0.232 e. The number of Topliss-reactive ketones (excluding diaryl/α,β-unsaturated/α-hetero) is 1. The number of carbonyl (C=O) groups excluding carboxylic acids is 2. The molecule has 0 aromatic heterocycles. The minimum absolute atomic E-state index is 0.00217. The molecule has 0 bridgehead atoms. The molecule has 1 amide bonds. The number of ether oxygens (including phenoxy) is 1. The molecule has 1 saturated heterocycles. The van der Waals surface area contributed by atoms with Crippen molar-refractivity contribution in [1.29, 1.82) is 0 Å². The van der Waals surface area contributed by atoms with Crippen LogP contribution in [0, 0.1) is 12.8 Å². The van der Waals surface area contributed by atoms with Crippen molar-refractivity contribution in [3.63, 3.8) is 0 Å². The Bertz CT molecular complexity index is 794. The summed E-state index contributed by atoms with van der Waals surface area (Å²) in [5, 5.41) is 0. The van der Waals surface area contributed by atoms with Gasteiger partial charge >= 0.3 is 0 Å². The van der Waals surface area contributed by atoms with Crippen LogP contribution in [0.15, 0.2) is 48.5 Å². The van der Waals surface area contributed by atoms with Crippen LogP contribution >= 0.6 is 11.8 Å². The second-order valence-corrected chi connectivity index (χ2v) is 8.21. The number of rotatable bonds is 7. The third kappa shape index (κ3) is 5.38. The van der Waals surface area contributed by atoms with E-state index in [0.29, 0.717) is 18.8 Å². The summed E-state index contributed by atoms with van der Waals surface area (Å²) in [4.78, 5) is 27.0. The Hall–Kier alpha value is -2.27. The van der Waals surface area contributed by atoms with Crippen LogP contribution in [-0.2, 0) is 10.5 Å². The Kier molecular flexibility index (Phi) is 7.15. The SMILES string of the molecule is COc1ccc(C(=O)C2CCN(C(=O)CSCc3ccc(C)cc3)CC2)cc1. The van der Waals surface area contributed by atoms with Crippen molar-refractivity contribution >= 4 is 23.5 Å². The van der Waals surface area contributed by atoms with Crippen molar-refractivity contribution < 1.29 is 14.3 Å². The zero-order valence-corrected chi connectivity index (χ0v) is 17.3. The average molecular weight is 398 g/mol. The van der Waals surface area contributed by atoms with Crippen LogP contribution in [0.1, 0.15) is 34.3 Å². The Morgan fingerprint density at radius 2 is 1.68 bits per heavy atom. The van der Waals surface area contributed by atoms with Gasteiger partial charge in [-0.2, -0.15) is 0 Å². The number of methoxy groups -OCH3 is 1. The number of piperidine rings is 1. The van der Waals surface area contributed by atoms with Crippen molar-refractivity contribution in [2.24, 2.45) is 5.92 Å². The molecule has 0 N–H and O–H groups in total. The molecule has 5 heteroatoms.